The second-order valence-electron chi connectivity index (χ2n) is 10.5. The summed E-state index contributed by atoms with van der Waals surface area (Å²) in [6.45, 7) is 12.3. The first-order chi connectivity index (χ1) is 15.6. The van der Waals surface area contributed by atoms with Crippen molar-refractivity contribution < 1.29 is 14.4 Å². The molecule has 2 aromatic rings. The van der Waals surface area contributed by atoms with E-state index < -0.39 is 13.6 Å². The van der Waals surface area contributed by atoms with Gasteiger partial charge in [0.25, 0.3) is 0 Å². The Bertz CT molecular complexity index is 923. The van der Waals surface area contributed by atoms with E-state index in [1.807, 2.05) is 36.9 Å². The summed E-state index contributed by atoms with van der Waals surface area (Å²) in [5.74, 6) is 1.28. The summed E-state index contributed by atoms with van der Waals surface area (Å²) in [6.07, 6.45) is 4.79. The lowest BCUT2D eigenvalue weighted by Crippen LogP contribution is -2.46. The van der Waals surface area contributed by atoms with Crippen molar-refractivity contribution in [2.75, 3.05) is 20.2 Å². The molecule has 0 spiro atoms. The van der Waals surface area contributed by atoms with Gasteiger partial charge in [0.15, 0.2) is 5.28 Å². The fourth-order valence-corrected chi connectivity index (χ4v) is 4.90. The van der Waals surface area contributed by atoms with Gasteiger partial charge < -0.3 is 20.1 Å². The van der Waals surface area contributed by atoms with E-state index in [1.54, 1.807) is 7.11 Å². The molecule has 182 valence electrons. The zero-order valence-corrected chi connectivity index (χ0v) is 21.7. The summed E-state index contributed by atoms with van der Waals surface area (Å²) in [4.78, 5) is 6.23. The lowest BCUT2D eigenvalue weighted by molar-refractivity contribution is -0.568. The molecule has 1 aromatic heterocycles. The van der Waals surface area contributed by atoms with Gasteiger partial charge in [-0.1, -0.05) is 41.8 Å². The Kier molecular flexibility index (Phi) is 8.12. The Morgan fingerprint density at radius 1 is 1.24 bits per heavy atom. The molecule has 0 saturated heterocycles. The van der Waals surface area contributed by atoms with Crippen molar-refractivity contribution in [1.29, 1.82) is 0 Å². The molecule has 0 amide bonds. The Labute approximate surface area is 197 Å². The molecular weight excluding hydrogens is 436 g/mol. The number of methoxy groups -OCH3 is 1. The van der Waals surface area contributed by atoms with Crippen molar-refractivity contribution >= 4 is 13.4 Å². The van der Waals surface area contributed by atoms with Gasteiger partial charge in [0.1, 0.15) is 19.9 Å². The van der Waals surface area contributed by atoms with Gasteiger partial charge in [-0.25, -0.2) is 0 Å². The van der Waals surface area contributed by atoms with Crippen LogP contribution in [0.1, 0.15) is 44.6 Å². The third-order valence-electron chi connectivity index (χ3n) is 6.04. The minimum absolute atomic E-state index is 0.0301. The summed E-state index contributed by atoms with van der Waals surface area (Å²) < 4.78 is 7.09. The molecule has 9 nitrogen and oxygen atoms in total. The third-order valence-corrected chi connectivity index (χ3v) is 7.81. The van der Waals surface area contributed by atoms with Crippen LogP contribution in [0.3, 0.4) is 0 Å². The Hall–Kier alpha value is -2.46. The Morgan fingerprint density at radius 3 is 2.61 bits per heavy atom. The van der Waals surface area contributed by atoms with Crippen molar-refractivity contribution in [2.45, 2.75) is 76.9 Å². The first kappa shape index (κ1) is 25.2. The highest BCUT2D eigenvalue weighted by atomic mass is 28.3. The number of aromatic nitrogens is 3. The zero-order chi connectivity index (χ0) is 24.1. The molecule has 1 aliphatic carbocycles. The highest BCUT2D eigenvalue weighted by Crippen LogP contribution is 2.36. The minimum Gasteiger partial charge on any atom is -0.597 e. The van der Waals surface area contributed by atoms with E-state index in [4.69, 9.17) is 9.57 Å². The number of hydroxylamine groups is 1. The van der Waals surface area contributed by atoms with Gasteiger partial charge in [0.2, 0.25) is 6.54 Å². The molecule has 1 heterocycles. The predicted molar refractivity (Wildman–Crippen MR) is 130 cm³/mol. The largest absolute Gasteiger partial charge is 0.597 e. The van der Waals surface area contributed by atoms with Crippen LogP contribution in [0.4, 0.5) is 0 Å². The first-order valence-electron chi connectivity index (χ1n) is 11.7. The van der Waals surface area contributed by atoms with E-state index in [1.165, 1.54) is 5.56 Å². The smallest absolute Gasteiger partial charge is 0.201 e. The van der Waals surface area contributed by atoms with Crippen LogP contribution in [0.2, 0.25) is 19.6 Å². The lowest BCUT2D eigenvalue weighted by Gasteiger charge is -2.23. The second kappa shape index (κ2) is 10.6. The quantitative estimate of drug-likeness (QED) is 0.232. The Morgan fingerprint density at radius 2 is 1.97 bits per heavy atom. The van der Waals surface area contributed by atoms with E-state index in [-0.39, 0.29) is 12.6 Å². The summed E-state index contributed by atoms with van der Waals surface area (Å²) in [5, 5.41) is 29.2. The van der Waals surface area contributed by atoms with Crippen LogP contribution in [0.25, 0.3) is 0 Å². The van der Waals surface area contributed by atoms with E-state index in [9.17, 15) is 5.21 Å². The average molecular weight is 475 g/mol. The van der Waals surface area contributed by atoms with E-state index >= 15 is 0 Å². The monoisotopic (exact) mass is 474 g/mol. The molecule has 10 heteroatoms. The molecule has 3 rings (SSSR count). The normalized spacial score (nSPS) is 19.6. The summed E-state index contributed by atoms with van der Waals surface area (Å²) in [6, 6.07) is 8.16. The number of nitrogens with one attached hydrogen (secondary N) is 1. The topological polar surface area (TPSA) is 99.6 Å². The van der Waals surface area contributed by atoms with E-state index in [2.05, 4.69) is 52.7 Å². The molecule has 0 unspecified atom stereocenters. The molecule has 33 heavy (non-hydrogen) atoms. The minimum atomic E-state index is -1.45. The molecule has 1 fully saturated rings. The van der Waals surface area contributed by atoms with Crippen LogP contribution in [0.5, 0.6) is 5.75 Å². The van der Waals surface area contributed by atoms with Gasteiger partial charge in [-0.15, -0.1) is 5.10 Å². The standard InChI is InChI=1S/C23H38N6O3Si/c1-23(2,24-13-14-28-16-22(25-26-28)33(4,5)6)17-29(30)27-32-21-12-9-19(15-21)18-7-10-20(31-3)11-8-18/h7-8,10-11,16,19,21,24H,9,12-15,17H2,1-6H3/b29-27-/t19-,21+/m1/s1. The lowest BCUT2D eigenvalue weighted by atomic mass is 9.98. The number of hydrogen-bond acceptors (Lipinski definition) is 7. The maximum absolute atomic E-state index is 12.3. The number of rotatable bonds is 11. The predicted octanol–water partition coefficient (Wildman–Crippen LogP) is 3.43. The molecule has 1 N–H and O–H groups in total. The van der Waals surface area contributed by atoms with Gasteiger partial charge in [0.05, 0.1) is 24.5 Å². The Balaban J connectivity index is 1.41. The molecule has 1 saturated carbocycles. The highest BCUT2D eigenvalue weighted by molar-refractivity contribution is 6.88. The summed E-state index contributed by atoms with van der Waals surface area (Å²) in [5.41, 5.74) is 0.855. The SMILES string of the molecule is COc1ccc([C@@H]2CC[C@H](O/N=[N+](\[O-])CC(C)(C)NCCn3cc([Si](C)(C)C)nn3)C2)cc1. The third kappa shape index (κ3) is 7.53. The number of hydrogen-bond donors (Lipinski definition) is 1. The fourth-order valence-electron chi connectivity index (χ4n) is 4.02. The molecule has 2 atom stereocenters. The van der Waals surface area contributed by atoms with Crippen LogP contribution < -0.4 is 15.4 Å². The van der Waals surface area contributed by atoms with Crippen LogP contribution in [-0.4, -0.2) is 59.8 Å². The number of nitrogens with zero attached hydrogens (tertiary/aromatic N) is 5. The second-order valence-corrected chi connectivity index (χ2v) is 15.5. The van der Waals surface area contributed by atoms with Crippen molar-refractivity contribution in [3.05, 3.63) is 41.2 Å². The molecule has 0 radical (unpaired) electrons. The molecule has 1 aliphatic rings. The van der Waals surface area contributed by atoms with E-state index in [0.717, 1.165) is 30.3 Å². The first-order valence-corrected chi connectivity index (χ1v) is 15.2. The molecule has 0 aliphatic heterocycles. The van der Waals surface area contributed by atoms with Crippen molar-refractivity contribution in [3.63, 3.8) is 0 Å². The van der Waals surface area contributed by atoms with Gasteiger partial charge in [-0.3, -0.25) is 4.68 Å². The zero-order valence-electron chi connectivity index (χ0n) is 20.7. The number of ether oxygens (including phenoxy) is 1. The molecular formula is C23H38N6O3Si. The summed E-state index contributed by atoms with van der Waals surface area (Å²) >= 11 is 0. The van der Waals surface area contributed by atoms with Crippen molar-refractivity contribution in [2.24, 2.45) is 5.28 Å². The number of benzene rings is 1. The van der Waals surface area contributed by atoms with Gasteiger partial charge in [-0.2, -0.15) is 0 Å². The van der Waals surface area contributed by atoms with E-state index in [0.29, 0.717) is 23.9 Å². The van der Waals surface area contributed by atoms with Gasteiger partial charge in [0, 0.05) is 12.7 Å². The van der Waals surface area contributed by atoms with Crippen molar-refractivity contribution in [1.82, 2.24) is 20.3 Å². The highest BCUT2D eigenvalue weighted by Gasteiger charge is 2.29. The molecule has 1 aromatic carbocycles. The van der Waals surface area contributed by atoms with Crippen LogP contribution in [-0.2, 0) is 11.4 Å². The van der Waals surface area contributed by atoms with Crippen LogP contribution in [0, 0.1) is 5.21 Å². The van der Waals surface area contributed by atoms with Crippen molar-refractivity contribution in [3.8, 4) is 5.75 Å². The van der Waals surface area contributed by atoms with Crippen LogP contribution >= 0.6 is 0 Å². The van der Waals surface area contributed by atoms with Gasteiger partial charge in [-0.05, 0) is 56.7 Å². The van der Waals surface area contributed by atoms with Gasteiger partial charge >= 0.3 is 0 Å². The average Bonchev–Trinajstić information content (AvgIpc) is 3.41. The molecule has 0 bridgehead atoms. The maximum Gasteiger partial charge on any atom is 0.201 e. The van der Waals surface area contributed by atoms with Crippen LogP contribution in [0.15, 0.2) is 35.7 Å². The summed E-state index contributed by atoms with van der Waals surface area (Å²) in [7, 11) is 0.216. The maximum atomic E-state index is 12.3. The fraction of sp³-hybridized carbons (Fsp3) is 0.652.